The molecule has 0 fully saturated rings. The van der Waals surface area contributed by atoms with E-state index < -0.39 is 0 Å². The molecule has 0 aliphatic rings. The summed E-state index contributed by atoms with van der Waals surface area (Å²) in [5, 5.41) is 12.0. The molecule has 1 unspecified atom stereocenters. The number of hydrogen-bond acceptors (Lipinski definition) is 3. The first-order valence-corrected chi connectivity index (χ1v) is 6.59. The van der Waals surface area contributed by atoms with Gasteiger partial charge in [0.25, 0.3) is 0 Å². The average Bonchev–Trinajstić information content (AvgIpc) is 2.33. The zero-order chi connectivity index (χ0) is 11.8. The smallest absolute Gasteiger partial charge is 0.0855 e. The van der Waals surface area contributed by atoms with E-state index >= 15 is 0 Å². The van der Waals surface area contributed by atoms with Crippen LogP contribution < -0.4 is 5.32 Å². The van der Waals surface area contributed by atoms with Crippen LogP contribution >= 0.6 is 11.8 Å². The molecule has 1 atom stereocenters. The van der Waals surface area contributed by atoms with Gasteiger partial charge in [-0.1, -0.05) is 19.1 Å². The summed E-state index contributed by atoms with van der Waals surface area (Å²) in [6.45, 7) is 5.37. The normalized spacial score (nSPS) is 12.1. The lowest BCUT2D eigenvalue weighted by atomic mass is 10.1. The monoisotopic (exact) mass is 234 g/mol. The lowest BCUT2D eigenvalue weighted by Gasteiger charge is -2.14. The van der Waals surface area contributed by atoms with Crippen LogP contribution in [-0.4, -0.2) is 12.3 Å². The highest BCUT2D eigenvalue weighted by molar-refractivity contribution is 7.99. The van der Waals surface area contributed by atoms with Crippen molar-refractivity contribution in [3.63, 3.8) is 0 Å². The van der Waals surface area contributed by atoms with Gasteiger partial charge in [0.05, 0.1) is 11.8 Å². The van der Waals surface area contributed by atoms with Gasteiger partial charge in [0, 0.05) is 10.9 Å². The molecule has 0 saturated heterocycles. The maximum absolute atomic E-state index is 8.54. The van der Waals surface area contributed by atoms with E-state index in [-0.39, 0.29) is 0 Å². The van der Waals surface area contributed by atoms with Gasteiger partial charge in [-0.25, -0.2) is 0 Å². The SMILES string of the molecule is CCCNC(C)c1cccc(SCC#N)c1. The van der Waals surface area contributed by atoms with Crippen LogP contribution in [0.1, 0.15) is 31.9 Å². The Labute approximate surface area is 102 Å². The van der Waals surface area contributed by atoms with E-state index in [0.29, 0.717) is 11.8 Å². The van der Waals surface area contributed by atoms with Crippen molar-refractivity contribution in [2.75, 3.05) is 12.3 Å². The van der Waals surface area contributed by atoms with Crippen molar-refractivity contribution in [3.8, 4) is 6.07 Å². The molecule has 0 heterocycles. The summed E-state index contributed by atoms with van der Waals surface area (Å²) in [4.78, 5) is 1.17. The van der Waals surface area contributed by atoms with Crippen molar-refractivity contribution in [3.05, 3.63) is 29.8 Å². The fourth-order valence-electron chi connectivity index (χ4n) is 1.47. The van der Waals surface area contributed by atoms with Crippen LogP contribution in [0, 0.1) is 11.3 Å². The lowest BCUT2D eigenvalue weighted by Crippen LogP contribution is -2.19. The first-order chi connectivity index (χ1) is 7.77. The number of rotatable bonds is 6. The number of thioether (sulfide) groups is 1. The molecule has 0 aliphatic heterocycles. The van der Waals surface area contributed by atoms with E-state index in [1.54, 1.807) is 11.8 Å². The Morgan fingerprint density at radius 1 is 1.50 bits per heavy atom. The van der Waals surface area contributed by atoms with Crippen molar-refractivity contribution >= 4 is 11.8 Å². The first kappa shape index (κ1) is 13.1. The van der Waals surface area contributed by atoms with Gasteiger partial charge in [-0.15, -0.1) is 11.8 Å². The second-order valence-electron chi connectivity index (χ2n) is 3.70. The second-order valence-corrected chi connectivity index (χ2v) is 4.74. The maximum atomic E-state index is 8.54. The van der Waals surface area contributed by atoms with Crippen molar-refractivity contribution in [2.45, 2.75) is 31.2 Å². The predicted molar refractivity (Wildman–Crippen MR) is 69.5 cm³/mol. The third-order valence-electron chi connectivity index (χ3n) is 2.36. The molecule has 86 valence electrons. The van der Waals surface area contributed by atoms with Crippen LogP contribution in [-0.2, 0) is 0 Å². The summed E-state index contributed by atoms with van der Waals surface area (Å²) in [5.41, 5.74) is 1.29. The van der Waals surface area contributed by atoms with Crippen molar-refractivity contribution < 1.29 is 0 Å². The summed E-state index contributed by atoms with van der Waals surface area (Å²) in [6.07, 6.45) is 1.15. The van der Waals surface area contributed by atoms with Gasteiger partial charge in [-0.3, -0.25) is 0 Å². The van der Waals surface area contributed by atoms with Crippen LogP contribution in [0.3, 0.4) is 0 Å². The number of nitrogens with zero attached hydrogens (tertiary/aromatic N) is 1. The molecule has 0 amide bonds. The Hall–Kier alpha value is -0.980. The molecule has 1 rings (SSSR count). The van der Waals surface area contributed by atoms with E-state index in [1.165, 1.54) is 10.5 Å². The van der Waals surface area contributed by atoms with Crippen molar-refractivity contribution in [2.24, 2.45) is 0 Å². The van der Waals surface area contributed by atoms with Crippen LogP contribution in [0.4, 0.5) is 0 Å². The number of nitriles is 1. The molecule has 2 nitrogen and oxygen atoms in total. The Kier molecular flexibility index (Phi) is 5.99. The third kappa shape index (κ3) is 4.26. The Morgan fingerprint density at radius 3 is 3.00 bits per heavy atom. The predicted octanol–water partition coefficient (Wildman–Crippen LogP) is 3.36. The van der Waals surface area contributed by atoms with Gasteiger partial charge in [0.15, 0.2) is 0 Å². The van der Waals surface area contributed by atoms with Gasteiger partial charge in [0.1, 0.15) is 0 Å². The summed E-state index contributed by atoms with van der Waals surface area (Å²) in [5.74, 6) is 0.514. The molecule has 0 aromatic heterocycles. The van der Waals surface area contributed by atoms with Crippen molar-refractivity contribution in [1.82, 2.24) is 5.32 Å². The lowest BCUT2D eigenvalue weighted by molar-refractivity contribution is 0.570. The molecular formula is C13H18N2S. The van der Waals surface area contributed by atoms with Gasteiger partial charge in [-0.2, -0.15) is 5.26 Å². The van der Waals surface area contributed by atoms with E-state index in [4.69, 9.17) is 5.26 Å². The standard InChI is InChI=1S/C13H18N2S/c1-3-8-15-11(2)12-5-4-6-13(10-12)16-9-7-14/h4-6,10-11,15H,3,8-9H2,1-2H3. The van der Waals surface area contributed by atoms with Gasteiger partial charge in [-0.05, 0) is 37.6 Å². The van der Waals surface area contributed by atoms with Crippen LogP contribution in [0.5, 0.6) is 0 Å². The minimum absolute atomic E-state index is 0.377. The quantitative estimate of drug-likeness (QED) is 0.767. The minimum Gasteiger partial charge on any atom is -0.310 e. The highest BCUT2D eigenvalue weighted by Crippen LogP contribution is 2.21. The topological polar surface area (TPSA) is 35.8 Å². The zero-order valence-corrected chi connectivity index (χ0v) is 10.7. The molecule has 1 aromatic carbocycles. The molecular weight excluding hydrogens is 216 g/mol. The molecule has 0 bridgehead atoms. The van der Waals surface area contributed by atoms with Crippen LogP contribution in [0.2, 0.25) is 0 Å². The van der Waals surface area contributed by atoms with Crippen molar-refractivity contribution in [1.29, 1.82) is 5.26 Å². The Balaban J connectivity index is 2.62. The minimum atomic E-state index is 0.377. The highest BCUT2D eigenvalue weighted by Gasteiger charge is 2.04. The van der Waals surface area contributed by atoms with Crippen LogP contribution in [0.25, 0.3) is 0 Å². The highest BCUT2D eigenvalue weighted by atomic mass is 32.2. The molecule has 0 spiro atoms. The number of benzene rings is 1. The van der Waals surface area contributed by atoms with E-state index in [2.05, 4.69) is 49.5 Å². The van der Waals surface area contributed by atoms with Gasteiger partial charge < -0.3 is 5.32 Å². The molecule has 0 radical (unpaired) electrons. The molecule has 1 aromatic rings. The van der Waals surface area contributed by atoms with E-state index in [9.17, 15) is 0 Å². The van der Waals surface area contributed by atoms with Gasteiger partial charge in [0.2, 0.25) is 0 Å². The summed E-state index contributed by atoms with van der Waals surface area (Å²) in [6, 6.07) is 10.9. The van der Waals surface area contributed by atoms with Gasteiger partial charge >= 0.3 is 0 Å². The summed E-state index contributed by atoms with van der Waals surface area (Å²) >= 11 is 1.59. The molecule has 16 heavy (non-hydrogen) atoms. The fourth-order valence-corrected chi connectivity index (χ4v) is 2.09. The first-order valence-electron chi connectivity index (χ1n) is 5.61. The fraction of sp³-hybridized carbons (Fsp3) is 0.462. The summed E-state index contributed by atoms with van der Waals surface area (Å²) in [7, 11) is 0. The average molecular weight is 234 g/mol. The number of nitrogens with one attached hydrogen (secondary N) is 1. The third-order valence-corrected chi connectivity index (χ3v) is 3.22. The van der Waals surface area contributed by atoms with E-state index in [0.717, 1.165) is 13.0 Å². The Morgan fingerprint density at radius 2 is 2.31 bits per heavy atom. The molecule has 0 aliphatic carbocycles. The summed E-state index contributed by atoms with van der Waals surface area (Å²) < 4.78 is 0. The zero-order valence-electron chi connectivity index (χ0n) is 9.86. The second kappa shape index (κ2) is 7.32. The van der Waals surface area contributed by atoms with Crippen LogP contribution in [0.15, 0.2) is 29.2 Å². The largest absolute Gasteiger partial charge is 0.310 e. The molecule has 1 N–H and O–H groups in total. The molecule has 0 saturated carbocycles. The van der Waals surface area contributed by atoms with E-state index in [1.807, 2.05) is 0 Å². The number of hydrogen-bond donors (Lipinski definition) is 1. The maximum Gasteiger partial charge on any atom is 0.0855 e. The molecule has 3 heteroatoms. The Bertz CT molecular complexity index is 357.